The molecule has 290 valence electrons. The number of fused-ring (bicyclic) bond motifs is 5. The third-order valence-electron chi connectivity index (χ3n) is 10.9. The molecular formula is C43H49FN4O7. The fraction of sp³-hybridized carbons (Fsp3) is 0.465. The van der Waals surface area contributed by atoms with E-state index in [1.807, 2.05) is 42.5 Å². The van der Waals surface area contributed by atoms with Gasteiger partial charge in [-0.15, -0.1) is 0 Å². The molecular weight excluding hydrogens is 703 g/mol. The number of esters is 1. The summed E-state index contributed by atoms with van der Waals surface area (Å²) in [4.78, 5) is 62.6. The minimum Gasteiger partial charge on any atom is -0.483 e. The molecule has 4 aliphatic rings. The molecule has 2 N–H and O–H groups in total. The zero-order valence-corrected chi connectivity index (χ0v) is 31.9. The number of nitrogens with one attached hydrogen (secondary N) is 2. The first-order chi connectivity index (χ1) is 26.3. The Morgan fingerprint density at radius 3 is 2.65 bits per heavy atom. The van der Waals surface area contributed by atoms with Crippen molar-refractivity contribution in [1.29, 1.82) is 0 Å². The Kier molecular flexibility index (Phi) is 10.4. The van der Waals surface area contributed by atoms with Crippen LogP contribution in [0.1, 0.15) is 78.2 Å². The van der Waals surface area contributed by atoms with Crippen molar-refractivity contribution in [1.82, 2.24) is 20.5 Å². The van der Waals surface area contributed by atoms with Crippen LogP contribution in [0.2, 0.25) is 0 Å². The lowest BCUT2D eigenvalue weighted by Gasteiger charge is -2.41. The maximum Gasteiger partial charge on any atom is 0.408 e. The molecule has 3 aliphatic heterocycles. The molecule has 5 atom stereocenters. The first-order valence-corrected chi connectivity index (χ1v) is 19.3. The minimum absolute atomic E-state index is 0.0247. The molecule has 11 nitrogen and oxygen atoms in total. The number of carbonyl (C=O) groups excluding carboxylic acids is 4. The van der Waals surface area contributed by atoms with E-state index in [1.54, 1.807) is 45.9 Å². The van der Waals surface area contributed by atoms with Gasteiger partial charge in [0.05, 0.1) is 18.7 Å². The average Bonchev–Trinajstić information content (AvgIpc) is 3.50. The maximum atomic E-state index is 14.8. The number of ether oxygens (including phenoxy) is 3. The quantitative estimate of drug-likeness (QED) is 0.222. The van der Waals surface area contributed by atoms with E-state index in [0.717, 1.165) is 35.7 Å². The van der Waals surface area contributed by atoms with E-state index in [-0.39, 0.29) is 19.6 Å². The summed E-state index contributed by atoms with van der Waals surface area (Å²) in [5, 5.41) is 6.72. The van der Waals surface area contributed by atoms with Crippen LogP contribution in [0.4, 0.5) is 9.18 Å². The summed E-state index contributed by atoms with van der Waals surface area (Å²) in [5.74, 6) is -1.95. The highest BCUT2D eigenvalue weighted by molar-refractivity contribution is 5.97. The summed E-state index contributed by atoms with van der Waals surface area (Å²) in [6.45, 7) is 7.11. The van der Waals surface area contributed by atoms with Crippen molar-refractivity contribution in [3.63, 3.8) is 0 Å². The van der Waals surface area contributed by atoms with Crippen molar-refractivity contribution in [2.24, 2.45) is 5.92 Å². The molecule has 1 spiro atoms. The second kappa shape index (κ2) is 15.1. The maximum absolute atomic E-state index is 14.8. The van der Waals surface area contributed by atoms with Gasteiger partial charge in [0.15, 0.2) is 5.54 Å². The van der Waals surface area contributed by atoms with Crippen molar-refractivity contribution in [3.8, 4) is 17.0 Å². The van der Waals surface area contributed by atoms with Crippen LogP contribution in [0, 0.1) is 11.7 Å². The lowest BCUT2D eigenvalue weighted by atomic mass is 9.73. The second-order valence-electron chi connectivity index (χ2n) is 16.0. The van der Waals surface area contributed by atoms with Crippen molar-refractivity contribution < 1.29 is 37.8 Å². The summed E-state index contributed by atoms with van der Waals surface area (Å²) in [6, 6.07) is 11.8. The van der Waals surface area contributed by atoms with Crippen LogP contribution in [0.5, 0.6) is 5.75 Å². The van der Waals surface area contributed by atoms with E-state index in [0.29, 0.717) is 42.7 Å². The number of benzene rings is 2. The third kappa shape index (κ3) is 7.68. The average molecular weight is 753 g/mol. The molecule has 1 saturated heterocycles. The zero-order valence-electron chi connectivity index (χ0n) is 31.9. The molecule has 1 aromatic heterocycles. The number of rotatable bonds is 4. The molecule has 1 fully saturated rings. The third-order valence-corrected chi connectivity index (χ3v) is 10.9. The van der Waals surface area contributed by atoms with Crippen molar-refractivity contribution in [2.45, 2.75) is 108 Å². The number of alkyl carbamates (subject to hydrolysis) is 1. The Hall–Kier alpha value is -5.26. The highest BCUT2D eigenvalue weighted by Crippen LogP contribution is 2.47. The number of para-hydroxylation sites is 1. The molecule has 0 radical (unpaired) electrons. The van der Waals surface area contributed by atoms with Crippen LogP contribution >= 0.6 is 0 Å². The predicted molar refractivity (Wildman–Crippen MR) is 204 cm³/mol. The van der Waals surface area contributed by atoms with E-state index in [2.05, 4.69) is 10.6 Å². The lowest BCUT2D eigenvalue weighted by Crippen LogP contribution is -2.65. The molecule has 4 heterocycles. The van der Waals surface area contributed by atoms with Gasteiger partial charge in [-0.05, 0) is 78.0 Å². The van der Waals surface area contributed by atoms with Gasteiger partial charge in [-0.25, -0.2) is 19.0 Å². The number of pyridine rings is 1. The summed E-state index contributed by atoms with van der Waals surface area (Å²) < 4.78 is 32.7. The Morgan fingerprint density at radius 1 is 1.09 bits per heavy atom. The molecule has 3 aromatic rings. The fourth-order valence-electron chi connectivity index (χ4n) is 8.21. The van der Waals surface area contributed by atoms with Gasteiger partial charge in [0.2, 0.25) is 11.8 Å². The number of amides is 3. The van der Waals surface area contributed by atoms with Gasteiger partial charge < -0.3 is 29.7 Å². The number of aromatic nitrogens is 1. The molecule has 1 aliphatic carbocycles. The zero-order chi connectivity index (χ0) is 39.0. The number of hydrogen-bond acceptors (Lipinski definition) is 8. The molecule has 3 amide bonds. The van der Waals surface area contributed by atoms with Gasteiger partial charge in [0, 0.05) is 28.9 Å². The molecule has 0 saturated carbocycles. The standard InChI is InChI=1S/C43H49FN4O7/c1-5-53-39(51)43-23-20-28(43)15-9-7-6-8-10-19-33(46-40(52)55-41(2,3)4)38(50)48-26-42(25-34(48)37(49)47-43)22-21-31-30-17-11-12-18-32(30)45-35(36(31)54-42)27-14-13-16-29(44)24-27/h9,11-18,20,23-24,28,33-34H,5-8,10,19,21-22,25-26H2,1-4H3,(H,46,52)(H,47,49). The van der Waals surface area contributed by atoms with Gasteiger partial charge >= 0.3 is 12.1 Å². The Bertz CT molecular complexity index is 2060. The van der Waals surface area contributed by atoms with E-state index >= 15 is 0 Å². The van der Waals surface area contributed by atoms with Gasteiger partial charge in [-0.3, -0.25) is 9.59 Å². The SMILES string of the molecule is CCOC(=O)C12C=CC1C=CCCCCCC(NC(=O)OC(C)(C)C)C(=O)N1CC3(CCc4c(c(-c5cccc(F)c5)nc5ccccc45)O3)CC1C(=O)N2. The Morgan fingerprint density at radius 2 is 1.91 bits per heavy atom. The topological polar surface area (TPSA) is 136 Å². The van der Waals surface area contributed by atoms with E-state index in [4.69, 9.17) is 19.2 Å². The van der Waals surface area contributed by atoms with E-state index in [1.165, 1.54) is 17.0 Å². The van der Waals surface area contributed by atoms with Crippen LogP contribution in [0.25, 0.3) is 22.2 Å². The number of allylic oxidation sites excluding steroid dienone is 1. The number of halogens is 1. The van der Waals surface area contributed by atoms with E-state index in [9.17, 15) is 23.6 Å². The summed E-state index contributed by atoms with van der Waals surface area (Å²) in [6.07, 6.45) is 11.2. The van der Waals surface area contributed by atoms with Gasteiger partial charge in [0.1, 0.15) is 40.5 Å². The molecule has 2 aromatic carbocycles. The van der Waals surface area contributed by atoms with Crippen LogP contribution in [0.3, 0.4) is 0 Å². The minimum atomic E-state index is -1.45. The van der Waals surface area contributed by atoms with Gasteiger partial charge in [-0.2, -0.15) is 0 Å². The number of hydrogen-bond donors (Lipinski definition) is 2. The van der Waals surface area contributed by atoms with Crippen LogP contribution in [-0.4, -0.2) is 75.7 Å². The van der Waals surface area contributed by atoms with Crippen LogP contribution in [-0.2, 0) is 30.3 Å². The van der Waals surface area contributed by atoms with Gasteiger partial charge in [0.25, 0.3) is 0 Å². The smallest absolute Gasteiger partial charge is 0.408 e. The molecule has 55 heavy (non-hydrogen) atoms. The summed E-state index contributed by atoms with van der Waals surface area (Å²) >= 11 is 0. The second-order valence-corrected chi connectivity index (χ2v) is 16.0. The number of aryl methyl sites for hydroxylation is 1. The fourth-order valence-corrected chi connectivity index (χ4v) is 8.21. The van der Waals surface area contributed by atoms with Crippen molar-refractivity contribution >= 4 is 34.8 Å². The highest BCUT2D eigenvalue weighted by Gasteiger charge is 2.56. The monoisotopic (exact) mass is 752 g/mol. The normalized spacial score (nSPS) is 26.7. The molecule has 0 bridgehead atoms. The van der Waals surface area contributed by atoms with Crippen molar-refractivity contribution in [3.05, 3.63) is 84.2 Å². The van der Waals surface area contributed by atoms with Gasteiger partial charge in [-0.1, -0.05) is 67.5 Å². The number of carbonyl (C=O) groups is 4. The summed E-state index contributed by atoms with van der Waals surface area (Å²) in [5.41, 5.74) is -0.640. The van der Waals surface area contributed by atoms with E-state index < -0.39 is 64.4 Å². The molecule has 7 rings (SSSR count). The van der Waals surface area contributed by atoms with Crippen molar-refractivity contribution in [2.75, 3.05) is 13.2 Å². The first kappa shape index (κ1) is 38.0. The van der Waals surface area contributed by atoms with Crippen LogP contribution in [0.15, 0.2) is 72.8 Å². The first-order valence-electron chi connectivity index (χ1n) is 19.3. The highest BCUT2D eigenvalue weighted by atomic mass is 19.1. The number of nitrogens with zero attached hydrogens (tertiary/aromatic N) is 2. The lowest BCUT2D eigenvalue weighted by molar-refractivity contribution is -0.154. The van der Waals surface area contributed by atoms with Crippen LogP contribution < -0.4 is 15.4 Å². The predicted octanol–water partition coefficient (Wildman–Crippen LogP) is 6.72. The molecule has 12 heteroatoms. The Balaban J connectivity index is 1.29. The largest absolute Gasteiger partial charge is 0.483 e. The Labute approximate surface area is 320 Å². The summed E-state index contributed by atoms with van der Waals surface area (Å²) in [7, 11) is 0. The molecule has 5 unspecified atom stereocenters.